The molecule has 2 aromatic rings. The molecule has 1 aliphatic heterocycles. The number of amides is 2. The van der Waals surface area contributed by atoms with Crippen molar-refractivity contribution in [3.8, 4) is 0 Å². The van der Waals surface area contributed by atoms with E-state index in [4.69, 9.17) is 0 Å². The highest BCUT2D eigenvalue weighted by Gasteiger charge is 2.29. The molecule has 9 nitrogen and oxygen atoms in total. The van der Waals surface area contributed by atoms with Crippen LogP contribution in [0.25, 0.3) is 0 Å². The fraction of sp³-hybridized carbons (Fsp3) is 0.429. The SMILES string of the molecule is Cc1cc(C)nc(SCc2ccc(C(=O)NNC(=O)C3CCN(S(C)(=O)=O)CC3)cc2)n1. The van der Waals surface area contributed by atoms with Gasteiger partial charge in [0.15, 0.2) is 5.16 Å². The van der Waals surface area contributed by atoms with Gasteiger partial charge in [0, 0.05) is 41.7 Å². The summed E-state index contributed by atoms with van der Waals surface area (Å²) in [5.74, 6) is -0.384. The van der Waals surface area contributed by atoms with E-state index in [1.165, 1.54) is 16.1 Å². The molecule has 0 aliphatic carbocycles. The van der Waals surface area contributed by atoms with Crippen LogP contribution in [0, 0.1) is 19.8 Å². The van der Waals surface area contributed by atoms with Gasteiger partial charge in [-0.3, -0.25) is 20.4 Å². The molecule has 0 spiro atoms. The normalized spacial score (nSPS) is 15.3. The molecule has 0 unspecified atom stereocenters. The number of hydrogen-bond acceptors (Lipinski definition) is 7. The number of nitrogens with zero attached hydrogens (tertiary/aromatic N) is 3. The molecular formula is C21H27N5O4S2. The van der Waals surface area contributed by atoms with Crippen LogP contribution in [0.4, 0.5) is 0 Å². The lowest BCUT2D eigenvalue weighted by Crippen LogP contribution is -2.48. The number of carbonyl (C=O) groups is 2. The number of rotatable bonds is 6. The van der Waals surface area contributed by atoms with E-state index in [1.54, 1.807) is 12.1 Å². The molecule has 2 heterocycles. The summed E-state index contributed by atoms with van der Waals surface area (Å²) in [6.07, 6.45) is 2.01. The van der Waals surface area contributed by atoms with Crippen molar-refractivity contribution in [2.24, 2.45) is 5.92 Å². The summed E-state index contributed by atoms with van der Waals surface area (Å²) in [6.45, 7) is 4.47. The van der Waals surface area contributed by atoms with E-state index in [2.05, 4.69) is 20.8 Å². The van der Waals surface area contributed by atoms with E-state index < -0.39 is 15.9 Å². The maximum Gasteiger partial charge on any atom is 0.269 e. The smallest absolute Gasteiger partial charge is 0.269 e. The molecule has 0 bridgehead atoms. The van der Waals surface area contributed by atoms with Gasteiger partial charge in [-0.2, -0.15) is 0 Å². The van der Waals surface area contributed by atoms with Gasteiger partial charge in [0.25, 0.3) is 5.91 Å². The lowest BCUT2D eigenvalue weighted by Gasteiger charge is -2.29. The number of aryl methyl sites for hydroxylation is 2. The van der Waals surface area contributed by atoms with E-state index in [1.807, 2.05) is 32.0 Å². The zero-order valence-corrected chi connectivity index (χ0v) is 19.9. The van der Waals surface area contributed by atoms with Crippen molar-refractivity contribution < 1.29 is 18.0 Å². The zero-order valence-electron chi connectivity index (χ0n) is 18.3. The molecular weight excluding hydrogens is 450 g/mol. The van der Waals surface area contributed by atoms with Crippen molar-refractivity contribution in [1.82, 2.24) is 25.1 Å². The van der Waals surface area contributed by atoms with Crippen molar-refractivity contribution in [2.45, 2.75) is 37.6 Å². The summed E-state index contributed by atoms with van der Waals surface area (Å²) in [5.41, 5.74) is 8.18. The van der Waals surface area contributed by atoms with Gasteiger partial charge in [-0.1, -0.05) is 23.9 Å². The topological polar surface area (TPSA) is 121 Å². The van der Waals surface area contributed by atoms with Gasteiger partial charge >= 0.3 is 0 Å². The highest BCUT2D eigenvalue weighted by Crippen LogP contribution is 2.21. The summed E-state index contributed by atoms with van der Waals surface area (Å²) in [4.78, 5) is 33.5. The molecule has 1 fully saturated rings. The van der Waals surface area contributed by atoms with Crippen LogP contribution in [-0.4, -0.2) is 53.9 Å². The van der Waals surface area contributed by atoms with Gasteiger partial charge in [0.2, 0.25) is 15.9 Å². The van der Waals surface area contributed by atoms with Crippen LogP contribution >= 0.6 is 11.8 Å². The van der Waals surface area contributed by atoms with Crippen LogP contribution in [-0.2, 0) is 20.6 Å². The predicted octanol–water partition coefficient (Wildman–Crippen LogP) is 1.82. The fourth-order valence-corrected chi connectivity index (χ4v) is 5.18. The standard InChI is InChI=1S/C21H27N5O4S2/c1-14-12-15(2)23-21(22-14)31-13-16-4-6-17(7-5-16)19(27)24-25-20(28)18-8-10-26(11-9-18)32(3,29)30/h4-7,12,18H,8-11,13H2,1-3H3,(H,24,27)(H,25,28). The van der Waals surface area contributed by atoms with E-state index in [0.717, 1.165) is 28.4 Å². The number of carbonyl (C=O) groups excluding carboxylic acids is 2. The number of hydrogen-bond donors (Lipinski definition) is 2. The van der Waals surface area contributed by atoms with Gasteiger partial charge in [0.1, 0.15) is 0 Å². The highest BCUT2D eigenvalue weighted by atomic mass is 32.2. The molecule has 0 radical (unpaired) electrons. The van der Waals surface area contributed by atoms with E-state index in [0.29, 0.717) is 37.2 Å². The zero-order chi connectivity index (χ0) is 23.3. The van der Waals surface area contributed by atoms with Crippen LogP contribution in [0.2, 0.25) is 0 Å². The average molecular weight is 478 g/mol. The molecule has 32 heavy (non-hydrogen) atoms. The van der Waals surface area contributed by atoms with E-state index in [-0.39, 0.29) is 11.8 Å². The number of aromatic nitrogens is 2. The number of nitrogens with one attached hydrogen (secondary N) is 2. The lowest BCUT2D eigenvalue weighted by molar-refractivity contribution is -0.126. The Labute approximate surface area is 192 Å². The molecule has 1 aliphatic rings. The third-order valence-electron chi connectivity index (χ3n) is 5.14. The molecule has 0 saturated carbocycles. The second kappa shape index (κ2) is 10.4. The quantitative estimate of drug-likeness (QED) is 0.370. The van der Waals surface area contributed by atoms with Gasteiger partial charge in [0.05, 0.1) is 6.26 Å². The van der Waals surface area contributed by atoms with Gasteiger partial charge in [-0.15, -0.1) is 0 Å². The Hall–Kier alpha value is -2.50. The molecule has 11 heteroatoms. The van der Waals surface area contributed by atoms with Gasteiger partial charge in [-0.25, -0.2) is 22.7 Å². The fourth-order valence-electron chi connectivity index (χ4n) is 3.40. The minimum absolute atomic E-state index is 0.303. The number of thioether (sulfide) groups is 1. The summed E-state index contributed by atoms with van der Waals surface area (Å²) >= 11 is 1.53. The maximum absolute atomic E-state index is 12.3. The summed E-state index contributed by atoms with van der Waals surface area (Å²) in [7, 11) is -3.24. The Balaban J connectivity index is 1.46. The molecule has 2 N–H and O–H groups in total. The molecule has 172 valence electrons. The Morgan fingerprint density at radius 2 is 1.66 bits per heavy atom. The monoisotopic (exact) mass is 477 g/mol. The minimum Gasteiger partial charge on any atom is -0.273 e. The largest absolute Gasteiger partial charge is 0.273 e. The number of piperidine rings is 1. The number of sulfonamides is 1. The summed E-state index contributed by atoms with van der Waals surface area (Å²) in [6, 6.07) is 9.03. The Kier molecular flexibility index (Phi) is 7.86. The second-order valence-corrected chi connectivity index (χ2v) is 10.7. The average Bonchev–Trinajstić information content (AvgIpc) is 2.75. The van der Waals surface area contributed by atoms with Gasteiger partial charge < -0.3 is 0 Å². The minimum atomic E-state index is -3.24. The molecule has 0 atom stereocenters. The number of benzene rings is 1. The van der Waals surface area contributed by atoms with Crippen LogP contribution in [0.5, 0.6) is 0 Å². The Bertz CT molecular complexity index is 1060. The first-order valence-electron chi connectivity index (χ1n) is 10.2. The van der Waals surface area contributed by atoms with E-state index >= 15 is 0 Å². The van der Waals surface area contributed by atoms with Crippen molar-refractivity contribution >= 4 is 33.6 Å². The van der Waals surface area contributed by atoms with Gasteiger partial charge in [-0.05, 0) is 50.5 Å². The maximum atomic E-state index is 12.3. The highest BCUT2D eigenvalue weighted by molar-refractivity contribution is 7.98. The third kappa shape index (κ3) is 6.75. The van der Waals surface area contributed by atoms with Crippen LogP contribution < -0.4 is 10.9 Å². The van der Waals surface area contributed by atoms with Crippen molar-refractivity contribution in [1.29, 1.82) is 0 Å². The van der Waals surface area contributed by atoms with Crippen LogP contribution in [0.3, 0.4) is 0 Å². The first-order valence-corrected chi connectivity index (χ1v) is 13.0. The first kappa shape index (κ1) is 24.1. The van der Waals surface area contributed by atoms with Crippen molar-refractivity contribution in [3.05, 3.63) is 52.8 Å². The van der Waals surface area contributed by atoms with E-state index in [9.17, 15) is 18.0 Å². The molecule has 1 aromatic carbocycles. The predicted molar refractivity (Wildman–Crippen MR) is 122 cm³/mol. The van der Waals surface area contributed by atoms with Crippen LogP contribution in [0.15, 0.2) is 35.5 Å². The molecule has 2 amide bonds. The Morgan fingerprint density at radius 3 is 2.22 bits per heavy atom. The number of hydrazine groups is 1. The molecule has 1 aromatic heterocycles. The third-order valence-corrected chi connectivity index (χ3v) is 7.36. The second-order valence-electron chi connectivity index (χ2n) is 7.80. The Morgan fingerprint density at radius 1 is 1.06 bits per heavy atom. The van der Waals surface area contributed by atoms with Crippen LogP contribution in [0.1, 0.15) is 40.2 Å². The summed E-state index contributed by atoms with van der Waals surface area (Å²) in [5, 5.41) is 0.717. The van der Waals surface area contributed by atoms with Crippen molar-refractivity contribution in [2.75, 3.05) is 19.3 Å². The molecule has 3 rings (SSSR count). The molecule has 1 saturated heterocycles. The van der Waals surface area contributed by atoms with Crippen molar-refractivity contribution in [3.63, 3.8) is 0 Å². The first-order chi connectivity index (χ1) is 15.1. The summed E-state index contributed by atoms with van der Waals surface area (Å²) < 4.78 is 24.5. The lowest BCUT2D eigenvalue weighted by atomic mass is 9.98.